The Hall–Kier alpha value is -1.91. The van der Waals surface area contributed by atoms with Crippen LogP contribution >= 0.6 is 0 Å². The molecule has 1 N–H and O–H groups in total. The minimum Gasteiger partial charge on any atom is -0.497 e. The first-order chi connectivity index (χ1) is 9.08. The van der Waals surface area contributed by atoms with Crippen molar-refractivity contribution in [3.8, 4) is 11.5 Å². The fourth-order valence-corrected chi connectivity index (χ4v) is 2.11. The standard InChI is InChI=1S/C14H21NO4/c1-5-11(14(16)17)15(6-2)12-8-7-10(18-3)9-13(12)19-4/h7-9,11H,5-6H2,1-4H3,(H,16,17)/t11-/m0/s1. The first kappa shape index (κ1) is 15.1. The summed E-state index contributed by atoms with van der Waals surface area (Å²) in [6.45, 7) is 4.38. The van der Waals surface area contributed by atoms with E-state index in [-0.39, 0.29) is 0 Å². The molecule has 0 amide bonds. The molecule has 1 rings (SSSR count). The van der Waals surface area contributed by atoms with E-state index in [1.54, 1.807) is 26.4 Å². The molecule has 0 saturated heterocycles. The van der Waals surface area contributed by atoms with E-state index in [2.05, 4.69) is 0 Å². The second-order valence-corrected chi connectivity index (χ2v) is 4.09. The van der Waals surface area contributed by atoms with Crippen LogP contribution in [-0.4, -0.2) is 37.9 Å². The Kier molecular flexibility index (Phi) is 5.48. The van der Waals surface area contributed by atoms with Gasteiger partial charge in [-0.15, -0.1) is 0 Å². The van der Waals surface area contributed by atoms with Crippen molar-refractivity contribution in [2.75, 3.05) is 25.7 Å². The molecule has 0 saturated carbocycles. The monoisotopic (exact) mass is 267 g/mol. The first-order valence-electron chi connectivity index (χ1n) is 6.30. The van der Waals surface area contributed by atoms with Crippen molar-refractivity contribution in [1.29, 1.82) is 0 Å². The number of aliphatic carboxylic acids is 1. The van der Waals surface area contributed by atoms with Crippen molar-refractivity contribution in [3.05, 3.63) is 18.2 Å². The predicted molar refractivity (Wildman–Crippen MR) is 74.3 cm³/mol. The van der Waals surface area contributed by atoms with Crippen molar-refractivity contribution in [2.24, 2.45) is 0 Å². The van der Waals surface area contributed by atoms with Gasteiger partial charge in [0, 0.05) is 12.6 Å². The highest BCUT2D eigenvalue weighted by Gasteiger charge is 2.25. The minimum atomic E-state index is -0.831. The molecule has 1 aromatic rings. The number of hydrogen-bond donors (Lipinski definition) is 1. The number of nitrogens with zero attached hydrogens (tertiary/aromatic N) is 1. The summed E-state index contributed by atoms with van der Waals surface area (Å²) in [5.41, 5.74) is 0.764. The quantitative estimate of drug-likeness (QED) is 0.822. The lowest BCUT2D eigenvalue weighted by molar-refractivity contribution is -0.138. The molecule has 19 heavy (non-hydrogen) atoms. The van der Waals surface area contributed by atoms with Crippen molar-refractivity contribution in [3.63, 3.8) is 0 Å². The predicted octanol–water partition coefficient (Wildman–Crippen LogP) is 2.39. The summed E-state index contributed by atoms with van der Waals surface area (Å²) in [6.07, 6.45) is 0.526. The van der Waals surface area contributed by atoms with Crippen LogP contribution in [0.15, 0.2) is 18.2 Å². The molecule has 0 aromatic heterocycles. The fraction of sp³-hybridized carbons (Fsp3) is 0.500. The average molecular weight is 267 g/mol. The Labute approximate surface area is 113 Å². The molecule has 5 nitrogen and oxygen atoms in total. The van der Waals surface area contributed by atoms with Crippen LogP contribution in [0.5, 0.6) is 11.5 Å². The summed E-state index contributed by atoms with van der Waals surface area (Å²) in [5.74, 6) is 0.461. The lowest BCUT2D eigenvalue weighted by atomic mass is 10.1. The molecule has 0 aliphatic carbocycles. The summed E-state index contributed by atoms with van der Waals surface area (Å²) in [6, 6.07) is 4.82. The number of carboxylic acids is 1. The van der Waals surface area contributed by atoms with Gasteiger partial charge < -0.3 is 19.5 Å². The Bertz CT molecular complexity index is 433. The molecule has 0 heterocycles. The van der Waals surface area contributed by atoms with Crippen LogP contribution < -0.4 is 14.4 Å². The Morgan fingerprint density at radius 2 is 2.00 bits per heavy atom. The molecule has 0 fully saturated rings. The van der Waals surface area contributed by atoms with Gasteiger partial charge >= 0.3 is 5.97 Å². The minimum absolute atomic E-state index is 0.526. The van der Waals surface area contributed by atoms with Gasteiger partial charge in [-0.1, -0.05) is 6.92 Å². The van der Waals surface area contributed by atoms with Crippen LogP contribution in [0.2, 0.25) is 0 Å². The Balaban J connectivity index is 3.20. The van der Waals surface area contributed by atoms with E-state index >= 15 is 0 Å². The van der Waals surface area contributed by atoms with E-state index in [4.69, 9.17) is 9.47 Å². The highest BCUT2D eigenvalue weighted by atomic mass is 16.5. The van der Waals surface area contributed by atoms with E-state index in [9.17, 15) is 9.90 Å². The van der Waals surface area contributed by atoms with Gasteiger partial charge in [0.25, 0.3) is 0 Å². The first-order valence-corrected chi connectivity index (χ1v) is 6.30. The third-order valence-corrected chi connectivity index (χ3v) is 3.08. The van der Waals surface area contributed by atoms with Crippen LogP contribution in [0, 0.1) is 0 Å². The van der Waals surface area contributed by atoms with Crippen LogP contribution in [0.4, 0.5) is 5.69 Å². The third kappa shape index (κ3) is 3.30. The smallest absolute Gasteiger partial charge is 0.326 e. The number of ether oxygens (including phenoxy) is 2. The molecule has 0 aliphatic rings. The van der Waals surface area contributed by atoms with Gasteiger partial charge in [-0.3, -0.25) is 0 Å². The second-order valence-electron chi connectivity index (χ2n) is 4.09. The van der Waals surface area contributed by atoms with Gasteiger partial charge in [0.2, 0.25) is 0 Å². The van der Waals surface area contributed by atoms with Gasteiger partial charge in [0.05, 0.1) is 19.9 Å². The lowest BCUT2D eigenvalue weighted by Crippen LogP contribution is -2.41. The number of carbonyl (C=O) groups is 1. The normalized spacial score (nSPS) is 11.8. The number of carboxylic acid groups (broad SMARTS) is 1. The van der Waals surface area contributed by atoms with Crippen LogP contribution in [0.1, 0.15) is 20.3 Å². The third-order valence-electron chi connectivity index (χ3n) is 3.08. The van der Waals surface area contributed by atoms with Gasteiger partial charge in [-0.2, -0.15) is 0 Å². The van der Waals surface area contributed by atoms with Gasteiger partial charge in [-0.25, -0.2) is 4.79 Å². The van der Waals surface area contributed by atoms with Crippen LogP contribution in [0.25, 0.3) is 0 Å². The average Bonchev–Trinajstić information content (AvgIpc) is 2.43. The number of likely N-dealkylation sites (N-methyl/N-ethyl adjacent to an activating group) is 1. The molecule has 0 spiro atoms. The largest absolute Gasteiger partial charge is 0.497 e. The van der Waals surface area contributed by atoms with Crippen LogP contribution in [-0.2, 0) is 4.79 Å². The van der Waals surface area contributed by atoms with Crippen molar-refractivity contribution < 1.29 is 19.4 Å². The number of hydrogen-bond acceptors (Lipinski definition) is 4. The zero-order chi connectivity index (χ0) is 14.4. The molecule has 106 valence electrons. The second kappa shape index (κ2) is 6.87. The Morgan fingerprint density at radius 1 is 1.32 bits per heavy atom. The maximum absolute atomic E-state index is 11.3. The molecule has 5 heteroatoms. The zero-order valence-corrected chi connectivity index (χ0v) is 11.8. The molecule has 0 bridgehead atoms. The summed E-state index contributed by atoms with van der Waals surface area (Å²) in [5, 5.41) is 9.29. The summed E-state index contributed by atoms with van der Waals surface area (Å²) >= 11 is 0. The molecule has 0 radical (unpaired) electrons. The van der Waals surface area contributed by atoms with Gasteiger partial charge in [0.1, 0.15) is 17.5 Å². The summed E-state index contributed by atoms with van der Waals surface area (Å²) in [4.78, 5) is 13.1. The van der Waals surface area contributed by atoms with Crippen molar-refractivity contribution in [2.45, 2.75) is 26.3 Å². The van der Waals surface area contributed by atoms with E-state index in [1.807, 2.05) is 24.8 Å². The summed E-state index contributed by atoms with van der Waals surface area (Å²) in [7, 11) is 3.14. The fourth-order valence-electron chi connectivity index (χ4n) is 2.11. The molecular weight excluding hydrogens is 246 g/mol. The van der Waals surface area contributed by atoms with Crippen LogP contribution in [0.3, 0.4) is 0 Å². The summed E-state index contributed by atoms with van der Waals surface area (Å²) < 4.78 is 10.5. The van der Waals surface area contributed by atoms with Gasteiger partial charge in [0.15, 0.2) is 0 Å². The van der Waals surface area contributed by atoms with Gasteiger partial charge in [-0.05, 0) is 25.5 Å². The number of benzene rings is 1. The molecule has 1 aromatic carbocycles. The molecule has 1 atom stereocenters. The molecule has 0 aliphatic heterocycles. The van der Waals surface area contributed by atoms with Crippen molar-refractivity contribution in [1.82, 2.24) is 0 Å². The van der Waals surface area contributed by atoms with E-state index in [0.717, 1.165) is 5.69 Å². The Morgan fingerprint density at radius 3 is 2.42 bits per heavy atom. The van der Waals surface area contributed by atoms with Crippen molar-refractivity contribution >= 4 is 11.7 Å². The highest BCUT2D eigenvalue weighted by molar-refractivity contribution is 5.79. The number of anilines is 1. The van der Waals surface area contributed by atoms with E-state index < -0.39 is 12.0 Å². The molecule has 0 unspecified atom stereocenters. The number of rotatable bonds is 7. The SMILES string of the molecule is CC[C@@H](C(=O)O)N(CC)c1ccc(OC)cc1OC. The topological polar surface area (TPSA) is 59.0 Å². The van der Waals surface area contributed by atoms with E-state index in [0.29, 0.717) is 24.5 Å². The number of methoxy groups -OCH3 is 2. The highest BCUT2D eigenvalue weighted by Crippen LogP contribution is 2.33. The maximum atomic E-state index is 11.3. The lowest BCUT2D eigenvalue weighted by Gasteiger charge is -2.30. The van der Waals surface area contributed by atoms with E-state index in [1.165, 1.54) is 0 Å². The molecular formula is C14H21NO4. The zero-order valence-electron chi connectivity index (χ0n) is 11.8. The maximum Gasteiger partial charge on any atom is 0.326 e.